The van der Waals surface area contributed by atoms with Crippen LogP contribution in [0.3, 0.4) is 0 Å². The smallest absolute Gasteiger partial charge is 0.205 e. The van der Waals surface area contributed by atoms with Gasteiger partial charge in [0.15, 0.2) is 5.78 Å². The van der Waals surface area contributed by atoms with Crippen molar-refractivity contribution >= 4 is 17.4 Å². The molecule has 2 N–H and O–H groups in total. The molecule has 7 heteroatoms. The molecule has 2 aliphatic rings. The van der Waals surface area contributed by atoms with E-state index in [2.05, 4.69) is 11.2 Å². The topological polar surface area (TPSA) is 93.9 Å². The van der Waals surface area contributed by atoms with Crippen LogP contribution in [-0.4, -0.2) is 15.6 Å². The number of Topliss-reactive ketones (excluding diaryl/α,β-unsaturated/α-hetero) is 1. The molecule has 0 fully saturated rings. The summed E-state index contributed by atoms with van der Waals surface area (Å²) in [4.78, 5) is 12.5. The fourth-order valence-corrected chi connectivity index (χ4v) is 3.47. The Hall–Kier alpha value is -2.26. The highest BCUT2D eigenvalue weighted by Gasteiger charge is 2.41. The molecule has 0 saturated carbocycles. The van der Waals surface area contributed by atoms with Crippen LogP contribution in [0.5, 0.6) is 0 Å². The lowest BCUT2D eigenvalue weighted by atomic mass is 9.79. The molecule has 1 aromatic heterocycles. The van der Waals surface area contributed by atoms with Crippen LogP contribution < -0.4 is 5.73 Å². The van der Waals surface area contributed by atoms with Crippen LogP contribution in [-0.2, 0) is 16.1 Å². The number of allylic oxidation sites excluding steroid dienone is 3. The summed E-state index contributed by atoms with van der Waals surface area (Å²) in [5.41, 5.74) is 7.95. The Kier molecular flexibility index (Phi) is 3.90. The highest BCUT2D eigenvalue weighted by atomic mass is 35.5. The molecule has 1 aliphatic heterocycles. The van der Waals surface area contributed by atoms with E-state index < -0.39 is 5.92 Å². The average molecular weight is 333 g/mol. The Morgan fingerprint density at radius 3 is 2.91 bits per heavy atom. The molecule has 3 rings (SSSR count). The fourth-order valence-electron chi connectivity index (χ4n) is 3.22. The number of nitrogens with zero attached hydrogens (tertiary/aromatic N) is 3. The zero-order valence-corrected chi connectivity index (χ0v) is 13.8. The van der Waals surface area contributed by atoms with Gasteiger partial charge in [0.2, 0.25) is 5.88 Å². The lowest BCUT2D eigenvalue weighted by Crippen LogP contribution is -2.28. The second-order valence-electron chi connectivity index (χ2n) is 5.64. The number of nitrogens with two attached hydrogens (primary N) is 1. The largest absolute Gasteiger partial charge is 0.444 e. The molecule has 120 valence electrons. The van der Waals surface area contributed by atoms with Gasteiger partial charge in [-0.3, -0.25) is 9.48 Å². The molecule has 0 bridgehead atoms. The maximum atomic E-state index is 12.5. The molecule has 1 atom stereocenters. The van der Waals surface area contributed by atoms with Gasteiger partial charge in [0, 0.05) is 25.0 Å². The highest BCUT2D eigenvalue weighted by Crippen LogP contribution is 2.45. The number of nitriles is 1. The lowest BCUT2D eigenvalue weighted by Gasteiger charge is -2.31. The maximum Gasteiger partial charge on any atom is 0.205 e. The summed E-state index contributed by atoms with van der Waals surface area (Å²) in [7, 11) is 0. The molecule has 2 heterocycles. The van der Waals surface area contributed by atoms with Crippen LogP contribution in [0.2, 0.25) is 5.02 Å². The molecule has 0 amide bonds. The minimum Gasteiger partial charge on any atom is -0.444 e. The number of carbonyl (C=O) groups is 1. The third-order valence-corrected chi connectivity index (χ3v) is 4.74. The summed E-state index contributed by atoms with van der Waals surface area (Å²) >= 11 is 6.44. The monoisotopic (exact) mass is 332 g/mol. The number of aromatic nitrogens is 2. The van der Waals surface area contributed by atoms with E-state index in [1.165, 1.54) is 0 Å². The third-order valence-electron chi connectivity index (χ3n) is 4.27. The number of rotatable bonds is 2. The Morgan fingerprint density at radius 1 is 1.52 bits per heavy atom. The lowest BCUT2D eigenvalue weighted by molar-refractivity contribution is -0.116. The molecule has 1 unspecified atom stereocenters. The van der Waals surface area contributed by atoms with Gasteiger partial charge in [-0.25, -0.2) is 0 Å². The number of ketones is 1. The molecule has 1 aliphatic carbocycles. The number of ether oxygens (including phenoxy) is 1. The van der Waals surface area contributed by atoms with E-state index in [0.29, 0.717) is 47.1 Å². The zero-order valence-electron chi connectivity index (χ0n) is 13.0. The fraction of sp³-hybridized carbons (Fsp3) is 0.438. The van der Waals surface area contributed by atoms with Crippen molar-refractivity contribution in [1.82, 2.24) is 9.78 Å². The molecule has 0 spiro atoms. The first-order valence-corrected chi connectivity index (χ1v) is 7.94. The minimum atomic E-state index is -0.606. The number of aryl methyl sites for hydroxylation is 2. The predicted molar refractivity (Wildman–Crippen MR) is 84.2 cm³/mol. The van der Waals surface area contributed by atoms with Gasteiger partial charge >= 0.3 is 0 Å². The molecule has 0 radical (unpaired) electrons. The molecule has 0 saturated heterocycles. The SMILES string of the molecule is CCn1nc(C)c(Cl)c1C1C(C#N)=C(N)OC2=C1C(=O)CCC2. The van der Waals surface area contributed by atoms with Gasteiger partial charge < -0.3 is 10.5 Å². The van der Waals surface area contributed by atoms with Gasteiger partial charge in [0.25, 0.3) is 0 Å². The van der Waals surface area contributed by atoms with Crippen molar-refractivity contribution < 1.29 is 9.53 Å². The highest BCUT2D eigenvalue weighted by molar-refractivity contribution is 6.32. The zero-order chi connectivity index (χ0) is 16.7. The molecule has 23 heavy (non-hydrogen) atoms. The molecule has 6 nitrogen and oxygen atoms in total. The second-order valence-corrected chi connectivity index (χ2v) is 6.02. The summed E-state index contributed by atoms with van der Waals surface area (Å²) in [6.07, 6.45) is 1.79. The second kappa shape index (κ2) is 5.74. The summed E-state index contributed by atoms with van der Waals surface area (Å²) < 4.78 is 7.28. The van der Waals surface area contributed by atoms with Gasteiger partial charge in [0.05, 0.1) is 22.3 Å². The van der Waals surface area contributed by atoms with Crippen LogP contribution in [0.15, 0.2) is 22.8 Å². The van der Waals surface area contributed by atoms with Crippen molar-refractivity contribution in [2.75, 3.05) is 0 Å². The van der Waals surface area contributed by atoms with E-state index in [9.17, 15) is 10.1 Å². The van der Waals surface area contributed by atoms with Gasteiger partial charge in [-0.15, -0.1) is 0 Å². The third kappa shape index (κ3) is 2.32. The number of hydrogen-bond donors (Lipinski definition) is 1. The van der Waals surface area contributed by atoms with Crippen LogP contribution in [0, 0.1) is 18.3 Å². The van der Waals surface area contributed by atoms with E-state index >= 15 is 0 Å². The number of hydrogen-bond acceptors (Lipinski definition) is 5. The van der Waals surface area contributed by atoms with Crippen LogP contribution >= 0.6 is 11.6 Å². The molecular formula is C16H17ClN4O2. The van der Waals surface area contributed by atoms with Gasteiger partial charge in [-0.2, -0.15) is 10.4 Å². The Balaban J connectivity index is 2.28. The first-order valence-electron chi connectivity index (χ1n) is 7.56. The van der Waals surface area contributed by atoms with Crippen molar-refractivity contribution in [2.45, 2.75) is 45.6 Å². The first-order chi connectivity index (χ1) is 11.0. The maximum absolute atomic E-state index is 12.5. The van der Waals surface area contributed by atoms with Crippen LogP contribution in [0.25, 0.3) is 0 Å². The van der Waals surface area contributed by atoms with Crippen molar-refractivity contribution in [2.24, 2.45) is 5.73 Å². The summed E-state index contributed by atoms with van der Waals surface area (Å²) in [6.45, 7) is 4.31. The Labute approximate surface area is 139 Å². The number of carbonyl (C=O) groups excluding carboxylic acids is 1. The van der Waals surface area contributed by atoms with E-state index in [4.69, 9.17) is 22.1 Å². The summed E-state index contributed by atoms with van der Waals surface area (Å²) in [6, 6.07) is 2.09. The van der Waals surface area contributed by atoms with Crippen molar-refractivity contribution in [3.05, 3.63) is 39.2 Å². The number of halogens is 1. The van der Waals surface area contributed by atoms with Crippen molar-refractivity contribution in [1.29, 1.82) is 5.26 Å². The molecule has 1 aromatic rings. The normalized spacial score (nSPS) is 21.1. The van der Waals surface area contributed by atoms with E-state index in [1.54, 1.807) is 11.6 Å². The molecule has 0 aromatic carbocycles. The minimum absolute atomic E-state index is 0.0194. The van der Waals surface area contributed by atoms with E-state index in [-0.39, 0.29) is 17.2 Å². The van der Waals surface area contributed by atoms with Crippen molar-refractivity contribution in [3.8, 4) is 6.07 Å². The quantitative estimate of drug-likeness (QED) is 0.898. The van der Waals surface area contributed by atoms with Gasteiger partial charge in [0.1, 0.15) is 17.4 Å². The van der Waals surface area contributed by atoms with Crippen LogP contribution in [0.4, 0.5) is 0 Å². The standard InChI is InChI=1S/C16H17ClN4O2/c1-3-21-15(14(17)8(2)20-21)12-9(7-18)16(19)23-11-6-4-5-10(22)13(11)12/h12H,3-6,19H2,1-2H3. The van der Waals surface area contributed by atoms with E-state index in [0.717, 1.165) is 6.42 Å². The first kappa shape index (κ1) is 15.6. The average Bonchev–Trinajstić information content (AvgIpc) is 2.81. The molecular weight excluding hydrogens is 316 g/mol. The Morgan fingerprint density at radius 2 is 2.26 bits per heavy atom. The summed E-state index contributed by atoms with van der Waals surface area (Å²) in [5, 5.41) is 14.4. The predicted octanol–water partition coefficient (Wildman–Crippen LogP) is 2.68. The summed E-state index contributed by atoms with van der Waals surface area (Å²) in [5.74, 6) is -0.0249. The van der Waals surface area contributed by atoms with Crippen molar-refractivity contribution in [3.63, 3.8) is 0 Å². The van der Waals surface area contributed by atoms with Gasteiger partial charge in [-0.05, 0) is 20.3 Å². The van der Waals surface area contributed by atoms with Crippen LogP contribution in [0.1, 0.15) is 43.5 Å². The van der Waals surface area contributed by atoms with E-state index in [1.807, 2.05) is 6.92 Å². The Bertz CT molecular complexity index is 798. The van der Waals surface area contributed by atoms with Gasteiger partial charge in [-0.1, -0.05) is 11.6 Å².